The molecule has 136 valence electrons. The average Bonchev–Trinajstić information content (AvgIpc) is 2.99. The van der Waals surface area contributed by atoms with Crippen molar-refractivity contribution in [2.75, 3.05) is 46.5 Å². The lowest BCUT2D eigenvalue weighted by molar-refractivity contribution is -0.137. The highest BCUT2D eigenvalue weighted by molar-refractivity contribution is 5.80. The Balaban J connectivity index is 1.62. The van der Waals surface area contributed by atoms with Gasteiger partial charge in [-0.25, -0.2) is 0 Å². The zero-order valence-corrected chi connectivity index (χ0v) is 14.8. The summed E-state index contributed by atoms with van der Waals surface area (Å²) in [5.41, 5.74) is 1.10. The molecule has 0 aliphatic carbocycles. The van der Waals surface area contributed by atoms with E-state index in [2.05, 4.69) is 0 Å². The van der Waals surface area contributed by atoms with Crippen molar-refractivity contribution in [1.82, 2.24) is 9.80 Å². The van der Waals surface area contributed by atoms with Crippen LogP contribution in [0.3, 0.4) is 0 Å². The molecule has 0 saturated carbocycles. The van der Waals surface area contributed by atoms with Crippen LogP contribution in [0.2, 0.25) is 0 Å². The van der Waals surface area contributed by atoms with Gasteiger partial charge < -0.3 is 19.3 Å². The van der Waals surface area contributed by atoms with Crippen LogP contribution >= 0.6 is 0 Å². The topological polar surface area (TPSA) is 59.1 Å². The number of carbonyl (C=O) groups excluding carboxylic acids is 2. The molecular weight excluding hydrogens is 320 g/mol. The quantitative estimate of drug-likeness (QED) is 0.829. The predicted molar refractivity (Wildman–Crippen MR) is 93.4 cm³/mol. The minimum absolute atomic E-state index is 0.00593. The van der Waals surface area contributed by atoms with Crippen LogP contribution in [0.25, 0.3) is 0 Å². The van der Waals surface area contributed by atoms with E-state index in [1.165, 1.54) is 7.11 Å². The molecule has 2 aliphatic heterocycles. The van der Waals surface area contributed by atoms with Crippen LogP contribution in [0.15, 0.2) is 24.3 Å². The molecule has 0 unspecified atom stereocenters. The fourth-order valence-electron chi connectivity index (χ4n) is 3.56. The molecule has 1 aromatic rings. The molecule has 6 nitrogen and oxygen atoms in total. The van der Waals surface area contributed by atoms with Crippen LogP contribution < -0.4 is 4.74 Å². The summed E-state index contributed by atoms with van der Waals surface area (Å²) in [5.74, 6) is 1.02. The van der Waals surface area contributed by atoms with E-state index in [0.29, 0.717) is 32.8 Å². The van der Waals surface area contributed by atoms with Crippen molar-refractivity contribution in [1.29, 1.82) is 0 Å². The SMILES string of the molecule is COCC(=O)N1CCCN(C(=O)[C@@H]2CCOc3ccccc3C2)CC1. The van der Waals surface area contributed by atoms with Gasteiger partial charge in [0, 0.05) is 39.2 Å². The molecule has 3 rings (SSSR count). The maximum Gasteiger partial charge on any atom is 0.248 e. The Morgan fingerprint density at radius 2 is 1.92 bits per heavy atom. The van der Waals surface area contributed by atoms with Crippen LogP contribution in [0.4, 0.5) is 0 Å². The van der Waals surface area contributed by atoms with Gasteiger partial charge in [-0.3, -0.25) is 9.59 Å². The molecule has 1 aromatic carbocycles. The van der Waals surface area contributed by atoms with E-state index < -0.39 is 0 Å². The van der Waals surface area contributed by atoms with E-state index in [1.807, 2.05) is 29.2 Å². The van der Waals surface area contributed by atoms with Crippen molar-refractivity contribution >= 4 is 11.8 Å². The van der Waals surface area contributed by atoms with E-state index >= 15 is 0 Å². The molecule has 0 N–H and O–H groups in total. The molecule has 1 saturated heterocycles. The molecule has 2 amide bonds. The highest BCUT2D eigenvalue weighted by Crippen LogP contribution is 2.27. The van der Waals surface area contributed by atoms with Gasteiger partial charge in [-0.15, -0.1) is 0 Å². The van der Waals surface area contributed by atoms with E-state index in [4.69, 9.17) is 9.47 Å². The highest BCUT2D eigenvalue weighted by atomic mass is 16.5. The first-order valence-corrected chi connectivity index (χ1v) is 8.95. The Morgan fingerprint density at radius 1 is 1.16 bits per heavy atom. The molecule has 0 spiro atoms. The second kappa shape index (κ2) is 8.34. The lowest BCUT2D eigenvalue weighted by Gasteiger charge is -2.25. The standard InChI is InChI=1S/C19H26N2O4/c1-24-14-18(22)20-8-4-9-21(11-10-20)19(23)16-7-12-25-17-6-3-2-5-15(17)13-16/h2-3,5-6,16H,4,7-14H2,1H3/t16-/m1/s1. The molecule has 1 atom stereocenters. The molecular formula is C19H26N2O4. The van der Waals surface area contributed by atoms with Crippen LogP contribution in [0.5, 0.6) is 5.75 Å². The summed E-state index contributed by atoms with van der Waals surface area (Å²) in [6.45, 7) is 3.22. The first-order chi connectivity index (χ1) is 12.2. The average molecular weight is 346 g/mol. The Labute approximate surface area is 148 Å². The Morgan fingerprint density at radius 3 is 2.76 bits per heavy atom. The third-order valence-corrected chi connectivity index (χ3v) is 4.94. The van der Waals surface area contributed by atoms with E-state index in [0.717, 1.165) is 30.6 Å². The number of carbonyl (C=O) groups is 2. The third kappa shape index (κ3) is 4.31. The van der Waals surface area contributed by atoms with Gasteiger partial charge in [0.2, 0.25) is 11.8 Å². The highest BCUT2D eigenvalue weighted by Gasteiger charge is 2.29. The number of hydrogen-bond donors (Lipinski definition) is 0. The maximum absolute atomic E-state index is 13.0. The van der Waals surface area contributed by atoms with Crippen LogP contribution in [-0.4, -0.2) is 68.1 Å². The van der Waals surface area contributed by atoms with Gasteiger partial charge in [-0.1, -0.05) is 18.2 Å². The zero-order chi connectivity index (χ0) is 17.6. The normalized spacial score (nSPS) is 20.9. The van der Waals surface area contributed by atoms with Gasteiger partial charge >= 0.3 is 0 Å². The van der Waals surface area contributed by atoms with Crippen molar-refractivity contribution in [3.63, 3.8) is 0 Å². The number of rotatable bonds is 3. The Kier molecular flexibility index (Phi) is 5.91. The summed E-state index contributed by atoms with van der Waals surface area (Å²) >= 11 is 0. The minimum Gasteiger partial charge on any atom is -0.493 e. The third-order valence-electron chi connectivity index (χ3n) is 4.94. The molecule has 6 heteroatoms. The maximum atomic E-state index is 13.0. The number of ether oxygens (including phenoxy) is 2. The lowest BCUT2D eigenvalue weighted by Crippen LogP contribution is -2.41. The molecule has 0 aromatic heterocycles. The van der Waals surface area contributed by atoms with Crippen LogP contribution in [0, 0.1) is 5.92 Å². The van der Waals surface area contributed by atoms with Crippen LogP contribution in [0.1, 0.15) is 18.4 Å². The van der Waals surface area contributed by atoms with Crippen molar-refractivity contribution in [3.05, 3.63) is 29.8 Å². The monoisotopic (exact) mass is 346 g/mol. The molecule has 2 heterocycles. The molecule has 0 radical (unpaired) electrons. The molecule has 1 fully saturated rings. The largest absolute Gasteiger partial charge is 0.493 e. The van der Waals surface area contributed by atoms with Crippen molar-refractivity contribution in [2.24, 2.45) is 5.92 Å². The second-order valence-corrected chi connectivity index (χ2v) is 6.64. The molecule has 2 aliphatic rings. The van der Waals surface area contributed by atoms with Gasteiger partial charge in [0.1, 0.15) is 12.4 Å². The Hall–Kier alpha value is -2.08. The molecule has 25 heavy (non-hydrogen) atoms. The van der Waals surface area contributed by atoms with Gasteiger partial charge in [0.05, 0.1) is 6.61 Å². The summed E-state index contributed by atoms with van der Waals surface area (Å²) in [6, 6.07) is 7.95. The van der Waals surface area contributed by atoms with Crippen molar-refractivity contribution in [3.8, 4) is 5.75 Å². The number of nitrogens with zero attached hydrogens (tertiary/aromatic N) is 2. The van der Waals surface area contributed by atoms with Crippen LogP contribution in [-0.2, 0) is 20.7 Å². The number of benzene rings is 1. The number of hydrogen-bond acceptors (Lipinski definition) is 4. The van der Waals surface area contributed by atoms with E-state index in [-0.39, 0.29) is 24.3 Å². The van der Waals surface area contributed by atoms with Crippen molar-refractivity contribution < 1.29 is 19.1 Å². The molecule has 0 bridgehead atoms. The number of amides is 2. The fraction of sp³-hybridized carbons (Fsp3) is 0.579. The fourth-order valence-corrected chi connectivity index (χ4v) is 3.56. The summed E-state index contributed by atoms with van der Waals surface area (Å²) in [4.78, 5) is 28.7. The summed E-state index contributed by atoms with van der Waals surface area (Å²) in [6.07, 6.45) is 2.26. The lowest BCUT2D eigenvalue weighted by atomic mass is 9.95. The second-order valence-electron chi connectivity index (χ2n) is 6.64. The summed E-state index contributed by atoms with van der Waals surface area (Å²) < 4.78 is 10.7. The predicted octanol–water partition coefficient (Wildman–Crippen LogP) is 1.34. The minimum atomic E-state index is -0.0510. The van der Waals surface area contributed by atoms with Gasteiger partial charge in [-0.05, 0) is 30.9 Å². The van der Waals surface area contributed by atoms with Gasteiger partial charge in [0.15, 0.2) is 0 Å². The first kappa shape index (κ1) is 17.7. The van der Waals surface area contributed by atoms with E-state index in [9.17, 15) is 9.59 Å². The van der Waals surface area contributed by atoms with Gasteiger partial charge in [0.25, 0.3) is 0 Å². The zero-order valence-electron chi connectivity index (χ0n) is 14.8. The number of fused-ring (bicyclic) bond motifs is 1. The summed E-state index contributed by atoms with van der Waals surface area (Å²) in [5, 5.41) is 0. The van der Waals surface area contributed by atoms with Gasteiger partial charge in [-0.2, -0.15) is 0 Å². The summed E-state index contributed by atoms with van der Waals surface area (Å²) in [7, 11) is 1.53. The first-order valence-electron chi connectivity index (χ1n) is 8.95. The number of methoxy groups -OCH3 is 1. The Bertz CT molecular complexity index is 619. The van der Waals surface area contributed by atoms with Crippen molar-refractivity contribution in [2.45, 2.75) is 19.3 Å². The van der Waals surface area contributed by atoms with E-state index in [1.54, 1.807) is 4.90 Å². The number of para-hydroxylation sites is 1. The smallest absolute Gasteiger partial charge is 0.248 e.